The highest BCUT2D eigenvalue weighted by Gasteiger charge is 2.50. The number of nitrogens with zero attached hydrogens (tertiary/aromatic N) is 1. The van der Waals surface area contributed by atoms with E-state index in [9.17, 15) is 4.79 Å². The van der Waals surface area contributed by atoms with Crippen molar-refractivity contribution >= 4 is 29.1 Å². The molecule has 1 saturated carbocycles. The van der Waals surface area contributed by atoms with Crippen LogP contribution in [0.1, 0.15) is 44.7 Å². The van der Waals surface area contributed by atoms with Crippen LogP contribution in [-0.4, -0.2) is 23.9 Å². The minimum Gasteiger partial charge on any atom is -0.343 e. The van der Waals surface area contributed by atoms with Gasteiger partial charge in [0.2, 0.25) is 5.91 Å². The van der Waals surface area contributed by atoms with E-state index in [2.05, 4.69) is 0 Å². The molecule has 5 heteroatoms. The first-order valence-corrected chi connectivity index (χ1v) is 8.21. The highest BCUT2D eigenvalue weighted by Crippen LogP contribution is 2.50. The van der Waals surface area contributed by atoms with Crippen molar-refractivity contribution in [3.8, 4) is 0 Å². The topological polar surface area (TPSA) is 46.3 Å². The van der Waals surface area contributed by atoms with E-state index in [-0.39, 0.29) is 11.9 Å². The van der Waals surface area contributed by atoms with Crippen LogP contribution in [0.2, 0.25) is 10.0 Å². The Bertz CT molecular complexity index is 525. The summed E-state index contributed by atoms with van der Waals surface area (Å²) >= 11 is 12.0. The van der Waals surface area contributed by atoms with Crippen molar-refractivity contribution in [1.29, 1.82) is 0 Å². The number of halogens is 2. The molecule has 1 unspecified atom stereocenters. The van der Waals surface area contributed by atoms with Gasteiger partial charge in [0.15, 0.2) is 0 Å². The van der Waals surface area contributed by atoms with Crippen LogP contribution >= 0.6 is 23.2 Å². The second kappa shape index (κ2) is 6.55. The number of amides is 1. The van der Waals surface area contributed by atoms with E-state index >= 15 is 0 Å². The van der Waals surface area contributed by atoms with Gasteiger partial charge in [-0.1, -0.05) is 35.7 Å². The summed E-state index contributed by atoms with van der Waals surface area (Å²) < 4.78 is 0. The summed E-state index contributed by atoms with van der Waals surface area (Å²) in [5.74, 6) is 0.164. The van der Waals surface area contributed by atoms with Crippen molar-refractivity contribution in [3.63, 3.8) is 0 Å². The van der Waals surface area contributed by atoms with Gasteiger partial charge in [-0.05, 0) is 44.4 Å². The lowest BCUT2D eigenvalue weighted by molar-refractivity contribution is -0.149. The molecule has 116 valence electrons. The van der Waals surface area contributed by atoms with Gasteiger partial charge < -0.3 is 10.6 Å². The highest BCUT2D eigenvalue weighted by molar-refractivity contribution is 6.42. The third-order valence-electron chi connectivity index (χ3n) is 4.62. The Labute approximate surface area is 136 Å². The monoisotopic (exact) mass is 328 g/mol. The molecule has 0 saturated heterocycles. The van der Waals surface area contributed by atoms with Crippen molar-refractivity contribution in [3.05, 3.63) is 33.8 Å². The molecule has 1 aromatic carbocycles. The second-order valence-corrected chi connectivity index (χ2v) is 6.45. The van der Waals surface area contributed by atoms with E-state index in [1.54, 1.807) is 12.1 Å². The third kappa shape index (κ3) is 2.92. The van der Waals surface area contributed by atoms with E-state index in [1.165, 1.54) is 0 Å². The van der Waals surface area contributed by atoms with Crippen molar-refractivity contribution in [2.24, 2.45) is 11.1 Å². The molecular weight excluding hydrogens is 307 g/mol. The van der Waals surface area contributed by atoms with Crippen LogP contribution in [-0.2, 0) is 4.79 Å². The fourth-order valence-electron chi connectivity index (χ4n) is 3.07. The number of hydrogen-bond acceptors (Lipinski definition) is 2. The lowest BCUT2D eigenvalue weighted by Crippen LogP contribution is -2.53. The Morgan fingerprint density at radius 1 is 1.29 bits per heavy atom. The maximum absolute atomic E-state index is 12.9. The van der Waals surface area contributed by atoms with Gasteiger partial charge in [-0.2, -0.15) is 0 Å². The van der Waals surface area contributed by atoms with Crippen LogP contribution < -0.4 is 5.73 Å². The highest BCUT2D eigenvalue weighted by atomic mass is 35.5. The van der Waals surface area contributed by atoms with Gasteiger partial charge >= 0.3 is 0 Å². The van der Waals surface area contributed by atoms with Crippen LogP contribution in [0.3, 0.4) is 0 Å². The molecule has 0 radical (unpaired) electrons. The summed E-state index contributed by atoms with van der Waals surface area (Å²) in [5.41, 5.74) is 6.85. The average molecular weight is 329 g/mol. The van der Waals surface area contributed by atoms with Gasteiger partial charge in [-0.25, -0.2) is 0 Å². The SMILES string of the molecule is CCN(CC)C(=O)C1(C(N)c2ccc(Cl)c(Cl)c2)CCC1. The Morgan fingerprint density at radius 2 is 1.90 bits per heavy atom. The van der Waals surface area contributed by atoms with Crippen molar-refractivity contribution < 1.29 is 4.79 Å². The predicted molar refractivity (Wildman–Crippen MR) is 87.6 cm³/mol. The van der Waals surface area contributed by atoms with Crippen LogP contribution in [0.5, 0.6) is 0 Å². The minimum atomic E-state index is -0.483. The molecule has 2 N–H and O–H groups in total. The molecule has 21 heavy (non-hydrogen) atoms. The number of nitrogens with two attached hydrogens (primary N) is 1. The van der Waals surface area contributed by atoms with Gasteiger partial charge in [0.05, 0.1) is 15.5 Å². The molecule has 2 rings (SSSR count). The molecule has 3 nitrogen and oxygen atoms in total. The minimum absolute atomic E-state index is 0.164. The van der Waals surface area contributed by atoms with Crippen LogP contribution in [0.15, 0.2) is 18.2 Å². The van der Waals surface area contributed by atoms with Crippen LogP contribution in [0, 0.1) is 5.41 Å². The summed E-state index contributed by atoms with van der Waals surface area (Å²) in [6, 6.07) is 5.06. The zero-order valence-corrected chi connectivity index (χ0v) is 14.0. The number of benzene rings is 1. The molecule has 1 aliphatic rings. The van der Waals surface area contributed by atoms with Crippen molar-refractivity contribution in [1.82, 2.24) is 4.90 Å². The van der Waals surface area contributed by atoms with E-state index in [4.69, 9.17) is 28.9 Å². The molecular formula is C16H22Cl2N2O. The lowest BCUT2D eigenvalue weighted by Gasteiger charge is -2.47. The molecule has 0 heterocycles. The number of carbonyl (C=O) groups is 1. The Balaban J connectivity index is 2.31. The first-order chi connectivity index (χ1) is 9.96. The van der Waals surface area contributed by atoms with Crippen LogP contribution in [0.4, 0.5) is 0 Å². The number of carbonyl (C=O) groups excluding carboxylic acids is 1. The van der Waals surface area contributed by atoms with Gasteiger partial charge in [-0.15, -0.1) is 0 Å². The Morgan fingerprint density at radius 3 is 2.33 bits per heavy atom. The molecule has 1 amide bonds. The summed E-state index contributed by atoms with van der Waals surface area (Å²) in [5, 5.41) is 0.986. The number of rotatable bonds is 5. The van der Waals surface area contributed by atoms with Crippen LogP contribution in [0.25, 0.3) is 0 Å². The maximum atomic E-state index is 12.9. The summed E-state index contributed by atoms with van der Waals surface area (Å²) in [7, 11) is 0. The maximum Gasteiger partial charge on any atom is 0.230 e. The summed E-state index contributed by atoms with van der Waals surface area (Å²) in [4.78, 5) is 14.7. The van der Waals surface area contributed by atoms with Crippen molar-refractivity contribution in [2.45, 2.75) is 39.2 Å². The van der Waals surface area contributed by atoms with E-state index in [1.807, 2.05) is 24.8 Å². The zero-order valence-electron chi connectivity index (χ0n) is 12.5. The molecule has 0 aromatic heterocycles. The molecule has 1 aromatic rings. The standard InChI is InChI=1S/C16H22Cl2N2O/c1-3-20(4-2)15(21)16(8-5-9-16)14(19)11-6-7-12(17)13(18)10-11/h6-7,10,14H,3-5,8-9,19H2,1-2H3. The second-order valence-electron chi connectivity index (χ2n) is 5.64. The molecule has 1 fully saturated rings. The van der Waals surface area contributed by atoms with E-state index in [0.29, 0.717) is 23.1 Å². The molecule has 0 bridgehead atoms. The normalized spacial score (nSPS) is 18.0. The Kier molecular flexibility index (Phi) is 5.18. The third-order valence-corrected chi connectivity index (χ3v) is 5.36. The quantitative estimate of drug-likeness (QED) is 0.886. The first-order valence-electron chi connectivity index (χ1n) is 7.46. The fourth-order valence-corrected chi connectivity index (χ4v) is 3.37. The summed E-state index contributed by atoms with van der Waals surface area (Å²) in [6.45, 7) is 5.42. The van der Waals surface area contributed by atoms with Gasteiger partial charge in [0.25, 0.3) is 0 Å². The average Bonchev–Trinajstić information content (AvgIpc) is 2.42. The smallest absolute Gasteiger partial charge is 0.230 e. The zero-order chi connectivity index (χ0) is 15.6. The Hall–Kier alpha value is -0.770. The van der Waals surface area contributed by atoms with Gasteiger partial charge in [0.1, 0.15) is 0 Å². The van der Waals surface area contributed by atoms with E-state index < -0.39 is 5.41 Å². The van der Waals surface area contributed by atoms with Crippen molar-refractivity contribution in [2.75, 3.05) is 13.1 Å². The van der Waals surface area contributed by atoms with Gasteiger partial charge in [0, 0.05) is 19.1 Å². The fraction of sp³-hybridized carbons (Fsp3) is 0.562. The molecule has 0 spiro atoms. The molecule has 0 aliphatic heterocycles. The largest absolute Gasteiger partial charge is 0.343 e. The van der Waals surface area contributed by atoms with Gasteiger partial charge in [-0.3, -0.25) is 4.79 Å². The molecule has 1 aliphatic carbocycles. The number of hydrogen-bond donors (Lipinski definition) is 1. The molecule has 1 atom stereocenters. The first kappa shape index (κ1) is 16.6. The lowest BCUT2D eigenvalue weighted by atomic mass is 9.61. The summed E-state index contributed by atoms with van der Waals surface area (Å²) in [6.07, 6.45) is 2.72. The van der Waals surface area contributed by atoms with E-state index in [0.717, 1.165) is 24.8 Å². The predicted octanol–water partition coefficient (Wildman–Crippen LogP) is 4.03.